The van der Waals surface area contributed by atoms with Crippen molar-refractivity contribution < 1.29 is 26.4 Å². The van der Waals surface area contributed by atoms with E-state index in [2.05, 4.69) is 5.32 Å². The molecule has 1 amide bonds. The highest BCUT2D eigenvalue weighted by molar-refractivity contribution is 7.92. The van der Waals surface area contributed by atoms with Crippen molar-refractivity contribution in [2.45, 2.75) is 42.9 Å². The lowest BCUT2D eigenvalue weighted by Crippen LogP contribution is -2.38. The van der Waals surface area contributed by atoms with Crippen molar-refractivity contribution in [2.75, 3.05) is 36.4 Å². The molecule has 3 aromatic carbocycles. The van der Waals surface area contributed by atoms with E-state index < -0.39 is 32.5 Å². The van der Waals surface area contributed by atoms with Gasteiger partial charge in [-0.05, 0) is 74.2 Å². The first-order valence-corrected chi connectivity index (χ1v) is 15.6. The van der Waals surface area contributed by atoms with Crippen LogP contribution in [0, 0.1) is 13.8 Å². The van der Waals surface area contributed by atoms with Gasteiger partial charge in [-0.25, -0.2) is 16.8 Å². The van der Waals surface area contributed by atoms with Crippen molar-refractivity contribution in [1.82, 2.24) is 4.31 Å². The first-order chi connectivity index (χ1) is 18.6. The number of aryl methyl sites for hydroxylation is 1. The molecule has 1 fully saturated rings. The Morgan fingerprint density at radius 1 is 0.897 bits per heavy atom. The van der Waals surface area contributed by atoms with Gasteiger partial charge in [-0.2, -0.15) is 4.31 Å². The van der Waals surface area contributed by atoms with Gasteiger partial charge in [0.05, 0.1) is 28.3 Å². The van der Waals surface area contributed by atoms with Gasteiger partial charge in [0.25, 0.3) is 10.0 Å². The van der Waals surface area contributed by atoms with Crippen LogP contribution in [0.2, 0.25) is 0 Å². The van der Waals surface area contributed by atoms with Gasteiger partial charge in [0.1, 0.15) is 12.3 Å². The summed E-state index contributed by atoms with van der Waals surface area (Å²) < 4.78 is 61.7. The van der Waals surface area contributed by atoms with E-state index >= 15 is 0 Å². The fourth-order valence-corrected chi connectivity index (χ4v) is 7.59. The van der Waals surface area contributed by atoms with E-state index in [-0.39, 0.29) is 21.2 Å². The molecule has 0 bridgehead atoms. The molecule has 9 nitrogen and oxygen atoms in total. The number of nitrogens with zero attached hydrogens (tertiary/aromatic N) is 2. The van der Waals surface area contributed by atoms with E-state index in [1.54, 1.807) is 37.3 Å². The predicted octanol–water partition coefficient (Wildman–Crippen LogP) is 4.32. The zero-order chi connectivity index (χ0) is 28.2. The maximum atomic E-state index is 13.7. The monoisotopic (exact) mass is 571 g/mol. The lowest BCUT2D eigenvalue weighted by Gasteiger charge is -2.27. The van der Waals surface area contributed by atoms with Gasteiger partial charge in [0, 0.05) is 13.1 Å². The van der Waals surface area contributed by atoms with Crippen LogP contribution in [0.5, 0.6) is 5.75 Å². The molecule has 0 spiro atoms. The van der Waals surface area contributed by atoms with Crippen LogP contribution in [-0.2, 0) is 24.8 Å². The molecule has 11 heteroatoms. The molecule has 0 saturated carbocycles. The summed E-state index contributed by atoms with van der Waals surface area (Å²) in [5.41, 5.74) is 2.11. The molecule has 3 aromatic rings. The number of hydrogen-bond acceptors (Lipinski definition) is 6. The maximum absolute atomic E-state index is 13.7. The van der Waals surface area contributed by atoms with Crippen molar-refractivity contribution in [3.05, 3.63) is 77.9 Å². The lowest BCUT2D eigenvalue weighted by atomic mass is 10.1. The second kappa shape index (κ2) is 11.8. The van der Waals surface area contributed by atoms with Crippen molar-refractivity contribution in [1.29, 1.82) is 0 Å². The minimum absolute atomic E-state index is 0.0313. The number of hydrogen-bond donors (Lipinski definition) is 1. The Morgan fingerprint density at radius 2 is 1.59 bits per heavy atom. The highest BCUT2D eigenvalue weighted by atomic mass is 32.2. The molecule has 1 heterocycles. The molecule has 0 aliphatic carbocycles. The molecular formula is C28H33N3O6S2. The SMILES string of the molecule is COc1ccc(S(=O)(=O)N2CCCCC2)cc1NC(=O)CN(c1cccc(C)c1C)S(=O)(=O)c1ccccc1. The summed E-state index contributed by atoms with van der Waals surface area (Å²) in [6.45, 7) is 4.02. The van der Waals surface area contributed by atoms with Crippen LogP contribution in [0.15, 0.2) is 76.5 Å². The predicted molar refractivity (Wildman–Crippen MR) is 151 cm³/mol. The van der Waals surface area contributed by atoms with Crippen LogP contribution in [0.4, 0.5) is 11.4 Å². The zero-order valence-corrected chi connectivity index (χ0v) is 23.9. The third-order valence-electron chi connectivity index (χ3n) is 6.86. The van der Waals surface area contributed by atoms with Gasteiger partial charge >= 0.3 is 0 Å². The zero-order valence-electron chi connectivity index (χ0n) is 22.3. The number of benzene rings is 3. The summed E-state index contributed by atoms with van der Waals surface area (Å²) in [5, 5.41) is 2.68. The van der Waals surface area contributed by atoms with E-state index in [1.165, 1.54) is 41.7 Å². The van der Waals surface area contributed by atoms with Gasteiger partial charge in [0.15, 0.2) is 0 Å². The maximum Gasteiger partial charge on any atom is 0.264 e. The Balaban J connectivity index is 1.68. The molecule has 0 aromatic heterocycles. The van der Waals surface area contributed by atoms with Crippen molar-refractivity contribution in [2.24, 2.45) is 0 Å². The Labute approximate surface area is 230 Å². The smallest absolute Gasteiger partial charge is 0.264 e. The van der Waals surface area contributed by atoms with E-state index in [0.29, 0.717) is 18.8 Å². The summed E-state index contributed by atoms with van der Waals surface area (Å²) in [6, 6.07) is 17.4. The molecule has 1 N–H and O–H groups in total. The summed E-state index contributed by atoms with van der Waals surface area (Å²) >= 11 is 0. The molecule has 0 unspecified atom stereocenters. The van der Waals surface area contributed by atoms with Crippen molar-refractivity contribution >= 4 is 37.3 Å². The van der Waals surface area contributed by atoms with Crippen LogP contribution >= 0.6 is 0 Å². The van der Waals surface area contributed by atoms with Gasteiger partial charge in [-0.1, -0.05) is 36.8 Å². The van der Waals surface area contributed by atoms with Crippen molar-refractivity contribution in [3.63, 3.8) is 0 Å². The highest BCUT2D eigenvalue weighted by Gasteiger charge is 2.30. The summed E-state index contributed by atoms with van der Waals surface area (Å²) in [4.78, 5) is 13.4. The van der Waals surface area contributed by atoms with Gasteiger partial charge in [-0.3, -0.25) is 9.10 Å². The van der Waals surface area contributed by atoms with Gasteiger partial charge < -0.3 is 10.1 Å². The number of ether oxygens (including phenoxy) is 1. The average molecular weight is 572 g/mol. The fourth-order valence-electron chi connectivity index (χ4n) is 4.54. The molecule has 1 aliphatic rings. The number of methoxy groups -OCH3 is 1. The second-order valence-corrected chi connectivity index (χ2v) is 13.2. The minimum Gasteiger partial charge on any atom is -0.495 e. The van der Waals surface area contributed by atoms with Crippen LogP contribution in [0.25, 0.3) is 0 Å². The Morgan fingerprint density at radius 3 is 2.26 bits per heavy atom. The van der Waals surface area contributed by atoms with Crippen molar-refractivity contribution in [3.8, 4) is 5.75 Å². The van der Waals surface area contributed by atoms with Gasteiger partial charge in [0.2, 0.25) is 15.9 Å². The Bertz CT molecular complexity index is 1550. The topological polar surface area (TPSA) is 113 Å². The lowest BCUT2D eigenvalue weighted by molar-refractivity contribution is -0.114. The number of anilines is 2. The normalized spacial score (nSPS) is 14.5. The summed E-state index contributed by atoms with van der Waals surface area (Å²) in [5.74, 6) is -0.397. The van der Waals surface area contributed by atoms with E-state index in [1.807, 2.05) is 13.0 Å². The highest BCUT2D eigenvalue weighted by Crippen LogP contribution is 2.32. The molecule has 0 radical (unpaired) electrons. The molecule has 1 saturated heterocycles. The molecule has 208 valence electrons. The third-order valence-corrected chi connectivity index (χ3v) is 10.5. The van der Waals surface area contributed by atoms with Crippen LogP contribution < -0.4 is 14.4 Å². The number of amides is 1. The average Bonchev–Trinajstić information content (AvgIpc) is 2.94. The molecule has 0 atom stereocenters. The molecular weight excluding hydrogens is 538 g/mol. The van der Waals surface area contributed by atoms with E-state index in [0.717, 1.165) is 34.7 Å². The molecule has 39 heavy (non-hydrogen) atoms. The summed E-state index contributed by atoms with van der Waals surface area (Å²) in [7, 11) is -6.46. The van der Waals surface area contributed by atoms with Crippen LogP contribution in [0.3, 0.4) is 0 Å². The number of piperidine rings is 1. The first kappa shape index (κ1) is 28.6. The van der Waals surface area contributed by atoms with Gasteiger partial charge in [-0.15, -0.1) is 0 Å². The third kappa shape index (κ3) is 6.10. The number of sulfonamides is 2. The first-order valence-electron chi connectivity index (χ1n) is 12.7. The Kier molecular flexibility index (Phi) is 8.63. The number of rotatable bonds is 9. The summed E-state index contributed by atoms with van der Waals surface area (Å²) in [6.07, 6.45) is 2.57. The number of carbonyl (C=O) groups excluding carboxylic acids is 1. The second-order valence-electron chi connectivity index (χ2n) is 9.42. The Hall–Kier alpha value is -3.41. The van der Waals surface area contributed by atoms with Crippen LogP contribution in [0.1, 0.15) is 30.4 Å². The largest absolute Gasteiger partial charge is 0.495 e. The molecule has 4 rings (SSSR count). The van der Waals surface area contributed by atoms with E-state index in [9.17, 15) is 21.6 Å². The number of carbonyl (C=O) groups is 1. The van der Waals surface area contributed by atoms with E-state index in [4.69, 9.17) is 4.74 Å². The quantitative estimate of drug-likeness (QED) is 0.409. The standard InChI is InChI=1S/C28H33N3O6S2/c1-21-11-10-14-26(22(21)2)31(39(35,36)23-12-6-4-7-13-23)20-28(32)29-25-19-24(15-16-27(25)37-3)38(33,34)30-17-8-5-9-18-30/h4,6-7,10-16,19H,5,8-9,17-18,20H2,1-3H3,(H,29,32). The fraction of sp³-hybridized carbons (Fsp3) is 0.321. The minimum atomic E-state index is -4.10. The molecule has 1 aliphatic heterocycles. The van der Waals surface area contributed by atoms with Crippen LogP contribution in [-0.4, -0.2) is 53.8 Å². The number of nitrogens with one attached hydrogen (secondary N) is 1.